The molecule has 0 saturated heterocycles. The molecule has 3 rings (SSSR count). The van der Waals surface area contributed by atoms with E-state index in [4.69, 9.17) is 11.6 Å². The predicted molar refractivity (Wildman–Crippen MR) is 77.8 cm³/mol. The normalized spacial score (nSPS) is 11.1. The van der Waals surface area contributed by atoms with Crippen molar-refractivity contribution in [1.29, 1.82) is 0 Å². The zero-order valence-electron chi connectivity index (χ0n) is 10.3. The van der Waals surface area contributed by atoms with E-state index in [1.54, 1.807) is 17.5 Å². The fraction of sp³-hybridized carbons (Fsp3) is 0.250. The highest BCUT2D eigenvalue weighted by molar-refractivity contribution is 7.16. The zero-order chi connectivity index (χ0) is 13.2. The molecule has 0 aliphatic rings. The summed E-state index contributed by atoms with van der Waals surface area (Å²) < 4.78 is 1.87. The Hall–Kier alpha value is -1.66. The molecule has 0 saturated carbocycles. The molecule has 3 heterocycles. The van der Waals surface area contributed by atoms with E-state index in [1.807, 2.05) is 29.2 Å². The van der Waals surface area contributed by atoms with Crippen LogP contribution in [-0.2, 0) is 13.5 Å². The van der Waals surface area contributed by atoms with Crippen molar-refractivity contribution in [3.05, 3.63) is 34.7 Å². The summed E-state index contributed by atoms with van der Waals surface area (Å²) in [6.45, 7) is 0.776. The molecular weight excluding hydrogens is 282 g/mol. The van der Waals surface area contributed by atoms with Crippen LogP contribution in [-0.4, -0.2) is 26.3 Å². The molecule has 0 unspecified atom stereocenters. The summed E-state index contributed by atoms with van der Waals surface area (Å²) in [4.78, 5) is 9.33. The Kier molecular flexibility index (Phi) is 3.35. The van der Waals surface area contributed by atoms with Crippen molar-refractivity contribution in [2.75, 3.05) is 11.9 Å². The van der Waals surface area contributed by atoms with Gasteiger partial charge in [-0.2, -0.15) is 5.10 Å². The van der Waals surface area contributed by atoms with Crippen molar-refractivity contribution in [2.45, 2.75) is 6.42 Å². The van der Waals surface area contributed by atoms with E-state index >= 15 is 0 Å². The standard InChI is InChI=1S/C12H12ClN5S/c1-18-8(3-6-15-18)2-5-14-10-9-4-7-19-11(9)17-12(13)16-10/h3-4,6-7H,2,5H2,1H3,(H,14,16,17). The number of rotatable bonds is 4. The average Bonchev–Trinajstić information content (AvgIpc) is 2.98. The van der Waals surface area contributed by atoms with Gasteiger partial charge in [-0.05, 0) is 29.1 Å². The molecule has 3 aromatic heterocycles. The van der Waals surface area contributed by atoms with Crippen LogP contribution in [0.3, 0.4) is 0 Å². The van der Waals surface area contributed by atoms with E-state index in [-0.39, 0.29) is 5.28 Å². The number of nitrogens with zero attached hydrogens (tertiary/aromatic N) is 4. The molecule has 0 fully saturated rings. The van der Waals surface area contributed by atoms with E-state index < -0.39 is 0 Å². The highest BCUT2D eigenvalue weighted by Crippen LogP contribution is 2.26. The Morgan fingerprint density at radius 3 is 3.05 bits per heavy atom. The van der Waals surface area contributed by atoms with Gasteiger partial charge in [0.1, 0.15) is 10.6 Å². The number of hydrogen-bond acceptors (Lipinski definition) is 5. The average molecular weight is 294 g/mol. The number of fused-ring (bicyclic) bond motifs is 1. The van der Waals surface area contributed by atoms with Gasteiger partial charge in [0.15, 0.2) is 0 Å². The third kappa shape index (κ3) is 2.54. The molecular formula is C12H12ClN5S. The first-order valence-corrected chi connectivity index (χ1v) is 7.11. The first-order valence-electron chi connectivity index (χ1n) is 5.85. The highest BCUT2D eigenvalue weighted by atomic mass is 35.5. The minimum absolute atomic E-state index is 0.276. The van der Waals surface area contributed by atoms with Crippen LogP contribution in [0, 0.1) is 0 Å². The maximum absolute atomic E-state index is 5.91. The summed E-state index contributed by atoms with van der Waals surface area (Å²) >= 11 is 7.47. The van der Waals surface area contributed by atoms with Crippen LogP contribution >= 0.6 is 22.9 Å². The molecule has 0 bridgehead atoms. The summed E-state index contributed by atoms with van der Waals surface area (Å²) in [5.41, 5.74) is 1.18. The minimum atomic E-state index is 0.276. The van der Waals surface area contributed by atoms with E-state index in [2.05, 4.69) is 20.4 Å². The minimum Gasteiger partial charge on any atom is -0.369 e. The van der Waals surface area contributed by atoms with Crippen molar-refractivity contribution in [3.63, 3.8) is 0 Å². The third-order valence-corrected chi connectivity index (χ3v) is 3.87. The van der Waals surface area contributed by atoms with Crippen molar-refractivity contribution in [3.8, 4) is 0 Å². The van der Waals surface area contributed by atoms with E-state index in [0.717, 1.165) is 29.0 Å². The predicted octanol–water partition coefficient (Wildman–Crippen LogP) is 2.73. The van der Waals surface area contributed by atoms with Gasteiger partial charge >= 0.3 is 0 Å². The maximum Gasteiger partial charge on any atom is 0.225 e. The van der Waals surface area contributed by atoms with Gasteiger partial charge < -0.3 is 5.32 Å². The van der Waals surface area contributed by atoms with Gasteiger partial charge in [0, 0.05) is 31.9 Å². The first-order chi connectivity index (χ1) is 9.24. The fourth-order valence-corrected chi connectivity index (χ4v) is 2.90. The molecule has 0 atom stereocenters. The third-order valence-electron chi connectivity index (χ3n) is 2.89. The SMILES string of the molecule is Cn1nccc1CCNc1nc(Cl)nc2sccc12. The first kappa shape index (κ1) is 12.4. The Bertz CT molecular complexity index is 705. The lowest BCUT2D eigenvalue weighted by atomic mass is 10.3. The topological polar surface area (TPSA) is 55.6 Å². The zero-order valence-corrected chi connectivity index (χ0v) is 11.9. The second-order valence-corrected chi connectivity index (χ2v) is 5.34. The largest absolute Gasteiger partial charge is 0.369 e. The number of aryl methyl sites for hydroxylation is 1. The second kappa shape index (κ2) is 5.14. The number of halogens is 1. The summed E-state index contributed by atoms with van der Waals surface area (Å²) in [6, 6.07) is 4.01. The lowest BCUT2D eigenvalue weighted by Gasteiger charge is -2.07. The molecule has 7 heteroatoms. The van der Waals surface area contributed by atoms with Crippen molar-refractivity contribution in [2.24, 2.45) is 7.05 Å². The smallest absolute Gasteiger partial charge is 0.225 e. The van der Waals surface area contributed by atoms with Gasteiger partial charge in [0.05, 0.1) is 5.39 Å². The molecule has 19 heavy (non-hydrogen) atoms. The molecule has 5 nitrogen and oxygen atoms in total. The summed E-state index contributed by atoms with van der Waals surface area (Å²) in [5.74, 6) is 0.790. The molecule has 3 aromatic rings. The highest BCUT2D eigenvalue weighted by Gasteiger charge is 2.07. The Morgan fingerprint density at radius 2 is 2.26 bits per heavy atom. The number of thiophene rings is 1. The van der Waals surface area contributed by atoms with Crippen molar-refractivity contribution < 1.29 is 0 Å². The summed E-state index contributed by atoms with van der Waals surface area (Å²) in [6.07, 6.45) is 2.68. The van der Waals surface area contributed by atoms with Gasteiger partial charge in [0.2, 0.25) is 5.28 Å². The monoisotopic (exact) mass is 293 g/mol. The number of anilines is 1. The summed E-state index contributed by atoms with van der Waals surface area (Å²) in [7, 11) is 1.94. The molecule has 1 N–H and O–H groups in total. The van der Waals surface area contributed by atoms with Gasteiger partial charge in [-0.3, -0.25) is 4.68 Å². The van der Waals surface area contributed by atoms with Crippen molar-refractivity contribution in [1.82, 2.24) is 19.7 Å². The van der Waals surface area contributed by atoms with Crippen LogP contribution < -0.4 is 5.32 Å². The molecule has 0 aliphatic heterocycles. The Balaban J connectivity index is 1.75. The maximum atomic E-state index is 5.91. The lowest BCUT2D eigenvalue weighted by Crippen LogP contribution is -2.09. The lowest BCUT2D eigenvalue weighted by molar-refractivity contribution is 0.711. The van der Waals surface area contributed by atoms with Gasteiger partial charge in [-0.1, -0.05) is 0 Å². The summed E-state index contributed by atoms with van der Waals surface area (Å²) in [5, 5.41) is 10.7. The Labute approximate surface area is 119 Å². The number of aromatic nitrogens is 4. The van der Waals surface area contributed by atoms with Gasteiger partial charge in [-0.25, -0.2) is 9.97 Å². The molecule has 0 amide bonds. The molecule has 0 spiro atoms. The van der Waals surface area contributed by atoms with Crippen LogP contribution in [0.4, 0.5) is 5.82 Å². The molecule has 0 radical (unpaired) electrons. The fourth-order valence-electron chi connectivity index (χ4n) is 1.92. The molecule has 0 aromatic carbocycles. The quantitative estimate of drug-likeness (QED) is 0.752. The van der Waals surface area contributed by atoms with Crippen LogP contribution in [0.5, 0.6) is 0 Å². The molecule has 98 valence electrons. The Morgan fingerprint density at radius 1 is 1.37 bits per heavy atom. The van der Waals surface area contributed by atoms with Gasteiger partial charge in [-0.15, -0.1) is 11.3 Å². The van der Waals surface area contributed by atoms with E-state index in [0.29, 0.717) is 0 Å². The molecule has 0 aliphatic carbocycles. The van der Waals surface area contributed by atoms with Crippen molar-refractivity contribution >= 4 is 39.0 Å². The number of nitrogens with one attached hydrogen (secondary N) is 1. The van der Waals surface area contributed by atoms with E-state index in [9.17, 15) is 0 Å². The van der Waals surface area contributed by atoms with Crippen LogP contribution in [0.15, 0.2) is 23.7 Å². The van der Waals surface area contributed by atoms with Gasteiger partial charge in [0.25, 0.3) is 0 Å². The van der Waals surface area contributed by atoms with E-state index in [1.165, 1.54) is 5.69 Å². The second-order valence-electron chi connectivity index (χ2n) is 4.10. The van der Waals surface area contributed by atoms with Crippen LogP contribution in [0.2, 0.25) is 5.28 Å². The van der Waals surface area contributed by atoms with Crippen LogP contribution in [0.1, 0.15) is 5.69 Å². The van der Waals surface area contributed by atoms with Crippen LogP contribution in [0.25, 0.3) is 10.2 Å². The number of hydrogen-bond donors (Lipinski definition) is 1.